The molecular formula is C13H15F2N3O2. The van der Waals surface area contributed by atoms with Crippen LogP contribution in [0.1, 0.15) is 17.3 Å². The van der Waals surface area contributed by atoms with E-state index in [1.807, 2.05) is 11.9 Å². The number of aromatic nitrogens is 2. The van der Waals surface area contributed by atoms with Crippen molar-refractivity contribution in [2.24, 2.45) is 0 Å². The molecule has 0 aliphatic heterocycles. The molecule has 0 fully saturated rings. The van der Waals surface area contributed by atoms with E-state index < -0.39 is 6.61 Å². The van der Waals surface area contributed by atoms with Gasteiger partial charge in [0.05, 0.1) is 6.54 Å². The Morgan fingerprint density at radius 2 is 1.95 bits per heavy atom. The smallest absolute Gasteiger partial charge is 0.387 e. The molecule has 2 rings (SSSR count). The summed E-state index contributed by atoms with van der Waals surface area (Å²) >= 11 is 0. The van der Waals surface area contributed by atoms with E-state index in [-0.39, 0.29) is 5.75 Å². The van der Waals surface area contributed by atoms with Gasteiger partial charge in [-0.3, -0.25) is 4.90 Å². The maximum atomic E-state index is 12.0. The van der Waals surface area contributed by atoms with E-state index >= 15 is 0 Å². The largest absolute Gasteiger partial charge is 0.435 e. The first-order valence-electron chi connectivity index (χ1n) is 6.04. The molecular weight excluding hydrogens is 268 g/mol. The summed E-state index contributed by atoms with van der Waals surface area (Å²) in [5.41, 5.74) is 0.977. The fourth-order valence-electron chi connectivity index (χ4n) is 1.78. The molecule has 1 heterocycles. The molecule has 5 nitrogen and oxygen atoms in total. The van der Waals surface area contributed by atoms with Crippen molar-refractivity contribution < 1.29 is 18.0 Å². The van der Waals surface area contributed by atoms with Crippen molar-refractivity contribution in [1.29, 1.82) is 0 Å². The minimum atomic E-state index is -2.80. The number of benzene rings is 1. The third-order valence-corrected chi connectivity index (χ3v) is 2.58. The highest BCUT2D eigenvalue weighted by Gasteiger charge is 2.08. The second-order valence-corrected chi connectivity index (χ2v) is 4.43. The Hall–Kier alpha value is -2.02. The van der Waals surface area contributed by atoms with Crippen molar-refractivity contribution >= 4 is 0 Å². The molecule has 0 spiro atoms. The fraction of sp³-hybridized carbons (Fsp3) is 0.385. The average molecular weight is 283 g/mol. The number of hydrogen-bond acceptors (Lipinski definition) is 5. The lowest BCUT2D eigenvalue weighted by atomic mass is 10.2. The summed E-state index contributed by atoms with van der Waals surface area (Å²) in [6.45, 7) is 0.116. The molecule has 2 aromatic rings. The van der Waals surface area contributed by atoms with Crippen LogP contribution in [0.15, 0.2) is 28.8 Å². The van der Waals surface area contributed by atoms with Crippen LogP contribution in [0.2, 0.25) is 0 Å². The SMILES string of the molecule is Cc1noc(CN(C)Cc2ccc(OC(F)F)cc2)n1. The predicted molar refractivity (Wildman–Crippen MR) is 67.3 cm³/mol. The van der Waals surface area contributed by atoms with Crippen molar-refractivity contribution in [3.63, 3.8) is 0 Å². The van der Waals surface area contributed by atoms with Crippen LogP contribution in [0.3, 0.4) is 0 Å². The number of alkyl halides is 2. The molecule has 0 amide bonds. The summed E-state index contributed by atoms with van der Waals surface area (Å²) in [6.07, 6.45) is 0. The van der Waals surface area contributed by atoms with Crippen LogP contribution in [0.25, 0.3) is 0 Å². The Labute approximate surface area is 115 Å². The zero-order valence-electron chi connectivity index (χ0n) is 11.2. The molecule has 0 aliphatic rings. The molecule has 0 saturated carbocycles. The summed E-state index contributed by atoms with van der Waals surface area (Å²) in [4.78, 5) is 6.10. The van der Waals surface area contributed by atoms with E-state index in [2.05, 4.69) is 14.9 Å². The Balaban J connectivity index is 1.89. The average Bonchev–Trinajstić information content (AvgIpc) is 2.76. The standard InChI is InChI=1S/C13H15F2N3O2/c1-9-16-12(20-17-9)8-18(2)7-10-3-5-11(6-4-10)19-13(14)15/h3-6,13H,7-8H2,1-2H3. The fourth-order valence-corrected chi connectivity index (χ4v) is 1.78. The van der Waals surface area contributed by atoms with E-state index in [0.29, 0.717) is 24.8 Å². The van der Waals surface area contributed by atoms with Crippen LogP contribution in [0.5, 0.6) is 5.75 Å². The second-order valence-electron chi connectivity index (χ2n) is 4.43. The molecule has 108 valence electrons. The van der Waals surface area contributed by atoms with E-state index in [1.54, 1.807) is 19.1 Å². The topological polar surface area (TPSA) is 51.4 Å². The summed E-state index contributed by atoms with van der Waals surface area (Å²) in [5, 5.41) is 3.72. The van der Waals surface area contributed by atoms with Crippen molar-refractivity contribution in [3.8, 4) is 5.75 Å². The summed E-state index contributed by atoms with van der Waals surface area (Å²) in [6, 6.07) is 6.53. The van der Waals surface area contributed by atoms with Gasteiger partial charge in [0.15, 0.2) is 5.82 Å². The number of hydrogen-bond donors (Lipinski definition) is 0. The van der Waals surface area contributed by atoms with Gasteiger partial charge in [-0.25, -0.2) is 0 Å². The molecule has 1 aromatic heterocycles. The number of halogens is 2. The highest BCUT2D eigenvalue weighted by atomic mass is 19.3. The lowest BCUT2D eigenvalue weighted by Gasteiger charge is -2.14. The minimum absolute atomic E-state index is 0.152. The van der Waals surface area contributed by atoms with Gasteiger partial charge in [0.1, 0.15) is 5.75 Å². The molecule has 0 unspecified atom stereocenters. The molecule has 1 aromatic carbocycles. The lowest BCUT2D eigenvalue weighted by Crippen LogP contribution is -2.17. The molecule has 0 atom stereocenters. The van der Waals surface area contributed by atoms with Crippen molar-refractivity contribution in [1.82, 2.24) is 15.0 Å². The van der Waals surface area contributed by atoms with Gasteiger partial charge in [0.25, 0.3) is 0 Å². The molecule has 7 heteroatoms. The molecule has 0 aliphatic carbocycles. The van der Waals surface area contributed by atoms with Gasteiger partial charge in [-0.15, -0.1) is 0 Å². The van der Waals surface area contributed by atoms with Crippen LogP contribution >= 0.6 is 0 Å². The third kappa shape index (κ3) is 4.27. The molecule has 0 saturated heterocycles. The Bertz CT molecular complexity index is 543. The molecule has 0 bridgehead atoms. The Morgan fingerprint density at radius 3 is 2.50 bits per heavy atom. The van der Waals surface area contributed by atoms with E-state index in [0.717, 1.165) is 5.56 Å². The second kappa shape index (κ2) is 6.42. The minimum Gasteiger partial charge on any atom is -0.435 e. The van der Waals surface area contributed by atoms with Gasteiger partial charge >= 0.3 is 6.61 Å². The number of nitrogens with zero attached hydrogens (tertiary/aromatic N) is 3. The van der Waals surface area contributed by atoms with Crippen LogP contribution in [0, 0.1) is 6.92 Å². The third-order valence-electron chi connectivity index (χ3n) is 2.58. The summed E-state index contributed by atoms with van der Waals surface area (Å²) < 4.78 is 33.4. The number of ether oxygens (including phenoxy) is 1. The van der Waals surface area contributed by atoms with Crippen LogP contribution in [-0.4, -0.2) is 28.7 Å². The highest BCUT2D eigenvalue weighted by molar-refractivity contribution is 5.27. The quantitative estimate of drug-likeness (QED) is 0.815. The maximum Gasteiger partial charge on any atom is 0.387 e. The maximum absolute atomic E-state index is 12.0. The normalized spacial score (nSPS) is 11.3. The van der Waals surface area contributed by atoms with Crippen molar-refractivity contribution in [2.75, 3.05) is 7.05 Å². The number of aryl methyl sites for hydroxylation is 1. The van der Waals surface area contributed by atoms with E-state index in [4.69, 9.17) is 4.52 Å². The van der Waals surface area contributed by atoms with E-state index in [1.165, 1.54) is 12.1 Å². The van der Waals surface area contributed by atoms with Gasteiger partial charge in [-0.1, -0.05) is 17.3 Å². The highest BCUT2D eigenvalue weighted by Crippen LogP contribution is 2.16. The van der Waals surface area contributed by atoms with Crippen LogP contribution in [-0.2, 0) is 13.1 Å². The predicted octanol–water partition coefficient (Wildman–Crippen LogP) is 2.61. The molecule has 20 heavy (non-hydrogen) atoms. The Kier molecular flexibility index (Phi) is 4.62. The molecule has 0 N–H and O–H groups in total. The van der Waals surface area contributed by atoms with Gasteiger partial charge in [-0.05, 0) is 31.7 Å². The Morgan fingerprint density at radius 1 is 1.25 bits per heavy atom. The zero-order valence-corrected chi connectivity index (χ0v) is 11.2. The van der Waals surface area contributed by atoms with Crippen LogP contribution < -0.4 is 4.74 Å². The van der Waals surface area contributed by atoms with Gasteiger partial charge < -0.3 is 9.26 Å². The first-order chi connectivity index (χ1) is 9.52. The van der Waals surface area contributed by atoms with E-state index in [9.17, 15) is 8.78 Å². The lowest BCUT2D eigenvalue weighted by molar-refractivity contribution is -0.0498. The van der Waals surface area contributed by atoms with Crippen molar-refractivity contribution in [2.45, 2.75) is 26.6 Å². The van der Waals surface area contributed by atoms with Crippen molar-refractivity contribution in [3.05, 3.63) is 41.5 Å². The van der Waals surface area contributed by atoms with Gasteiger partial charge in [-0.2, -0.15) is 13.8 Å². The first-order valence-corrected chi connectivity index (χ1v) is 6.04. The number of rotatable bonds is 6. The molecule has 0 radical (unpaired) electrons. The summed E-state index contributed by atoms with van der Waals surface area (Å²) in [7, 11) is 1.91. The zero-order chi connectivity index (χ0) is 14.5. The summed E-state index contributed by atoms with van der Waals surface area (Å²) in [5.74, 6) is 1.29. The monoisotopic (exact) mass is 283 g/mol. The van der Waals surface area contributed by atoms with Gasteiger partial charge in [0.2, 0.25) is 5.89 Å². The van der Waals surface area contributed by atoms with Gasteiger partial charge in [0, 0.05) is 6.54 Å². The van der Waals surface area contributed by atoms with Crippen LogP contribution in [0.4, 0.5) is 8.78 Å². The first kappa shape index (κ1) is 14.4.